The first kappa shape index (κ1) is 14.4. The Kier molecular flexibility index (Phi) is 3.72. The van der Waals surface area contributed by atoms with Gasteiger partial charge in [-0.05, 0) is 23.6 Å². The van der Waals surface area contributed by atoms with Gasteiger partial charge in [0.15, 0.2) is 0 Å². The molecule has 8 heteroatoms. The molecule has 0 fully saturated rings. The molecular weight excluding hydrogens is 310 g/mol. The SMILES string of the molecule is O=[N+]([O-])c1cc(Cl)[n+]([O-])c2c1NC(Cc1ccccc1)CO2. The minimum absolute atomic E-state index is 0.0663. The van der Waals surface area contributed by atoms with E-state index in [1.54, 1.807) is 0 Å². The van der Waals surface area contributed by atoms with Gasteiger partial charge in [-0.25, -0.2) is 0 Å². The van der Waals surface area contributed by atoms with Gasteiger partial charge in [0.2, 0.25) is 5.69 Å². The highest BCUT2D eigenvalue weighted by Gasteiger charge is 2.35. The predicted octanol–water partition coefficient (Wildman–Crippen LogP) is 2.30. The van der Waals surface area contributed by atoms with Gasteiger partial charge in [-0.1, -0.05) is 30.3 Å². The highest BCUT2D eigenvalue weighted by molar-refractivity contribution is 6.28. The summed E-state index contributed by atoms with van der Waals surface area (Å²) < 4.78 is 5.75. The molecule has 0 amide bonds. The summed E-state index contributed by atoms with van der Waals surface area (Å²) in [5, 5.41) is 25.7. The molecule has 1 atom stereocenters. The van der Waals surface area contributed by atoms with Gasteiger partial charge in [0.05, 0.1) is 11.0 Å². The number of nitrogens with one attached hydrogen (secondary N) is 1. The summed E-state index contributed by atoms with van der Waals surface area (Å²) in [7, 11) is 0. The third-order valence-corrected chi connectivity index (χ3v) is 3.66. The van der Waals surface area contributed by atoms with E-state index < -0.39 is 4.92 Å². The van der Waals surface area contributed by atoms with Crippen LogP contribution in [0.3, 0.4) is 0 Å². The van der Waals surface area contributed by atoms with Crippen LogP contribution in [0.5, 0.6) is 5.88 Å². The van der Waals surface area contributed by atoms with E-state index in [0.29, 0.717) is 11.2 Å². The molecule has 2 heterocycles. The van der Waals surface area contributed by atoms with Gasteiger partial charge in [0.1, 0.15) is 12.7 Å². The number of benzene rings is 1. The van der Waals surface area contributed by atoms with E-state index in [1.165, 1.54) is 0 Å². The first-order valence-corrected chi connectivity index (χ1v) is 6.98. The summed E-state index contributed by atoms with van der Waals surface area (Å²) in [6, 6.07) is 10.5. The van der Waals surface area contributed by atoms with Crippen LogP contribution in [0.2, 0.25) is 5.15 Å². The van der Waals surface area contributed by atoms with E-state index in [1.807, 2.05) is 30.3 Å². The Morgan fingerprint density at radius 2 is 2.14 bits per heavy atom. The number of fused-ring (bicyclic) bond motifs is 1. The number of hydrogen-bond donors (Lipinski definition) is 1. The van der Waals surface area contributed by atoms with Crippen molar-refractivity contribution in [2.24, 2.45) is 0 Å². The van der Waals surface area contributed by atoms with Gasteiger partial charge in [-0.3, -0.25) is 10.1 Å². The molecule has 1 unspecified atom stereocenters. The number of rotatable bonds is 3. The van der Waals surface area contributed by atoms with E-state index in [-0.39, 0.29) is 35.1 Å². The number of pyridine rings is 1. The highest BCUT2D eigenvalue weighted by Crippen LogP contribution is 2.36. The Balaban J connectivity index is 1.92. The number of aromatic nitrogens is 1. The van der Waals surface area contributed by atoms with Crippen molar-refractivity contribution in [3.05, 3.63) is 62.4 Å². The topological polar surface area (TPSA) is 91.3 Å². The van der Waals surface area contributed by atoms with Crippen LogP contribution in [0.15, 0.2) is 36.4 Å². The van der Waals surface area contributed by atoms with Gasteiger partial charge in [0, 0.05) is 0 Å². The van der Waals surface area contributed by atoms with Crippen molar-refractivity contribution in [3.8, 4) is 5.88 Å². The fourth-order valence-electron chi connectivity index (χ4n) is 2.40. The van der Waals surface area contributed by atoms with Crippen molar-refractivity contribution < 1.29 is 14.4 Å². The van der Waals surface area contributed by atoms with Crippen molar-refractivity contribution in [1.29, 1.82) is 0 Å². The maximum Gasteiger partial charge on any atom is 0.412 e. The van der Waals surface area contributed by atoms with Gasteiger partial charge >= 0.3 is 11.6 Å². The summed E-state index contributed by atoms with van der Waals surface area (Å²) in [5.41, 5.74) is 0.861. The lowest BCUT2D eigenvalue weighted by Crippen LogP contribution is -2.41. The van der Waals surface area contributed by atoms with Gasteiger partial charge in [-0.15, -0.1) is 4.73 Å². The third-order valence-electron chi connectivity index (χ3n) is 3.40. The molecule has 0 saturated heterocycles. The highest BCUT2D eigenvalue weighted by atomic mass is 35.5. The Hall–Kier alpha value is -2.54. The Morgan fingerprint density at radius 3 is 2.82 bits per heavy atom. The number of nitro groups is 1. The molecule has 1 aromatic heterocycles. The molecule has 1 N–H and O–H groups in total. The lowest BCUT2D eigenvalue weighted by Gasteiger charge is -2.25. The molecule has 1 aromatic carbocycles. The van der Waals surface area contributed by atoms with Crippen LogP contribution in [0, 0.1) is 15.3 Å². The van der Waals surface area contributed by atoms with Crippen LogP contribution in [0.25, 0.3) is 0 Å². The van der Waals surface area contributed by atoms with Gasteiger partial charge < -0.3 is 15.3 Å². The van der Waals surface area contributed by atoms with Crippen molar-refractivity contribution in [1.82, 2.24) is 0 Å². The Labute approximate surface area is 130 Å². The number of ether oxygens (including phenoxy) is 1. The molecule has 0 saturated carbocycles. The summed E-state index contributed by atoms with van der Waals surface area (Å²) in [6.07, 6.45) is 0.624. The fourth-order valence-corrected chi connectivity index (χ4v) is 2.58. The Bertz CT molecular complexity index is 724. The molecule has 0 aliphatic carbocycles. The van der Waals surface area contributed by atoms with Crippen molar-refractivity contribution in [2.75, 3.05) is 11.9 Å². The molecule has 3 rings (SSSR count). The first-order chi connectivity index (χ1) is 10.6. The average Bonchev–Trinajstić information content (AvgIpc) is 2.51. The zero-order valence-electron chi connectivity index (χ0n) is 11.4. The molecule has 1 aliphatic rings. The van der Waals surface area contributed by atoms with Crippen molar-refractivity contribution in [3.63, 3.8) is 0 Å². The largest absolute Gasteiger partial charge is 0.615 e. The monoisotopic (exact) mass is 321 g/mol. The minimum Gasteiger partial charge on any atom is -0.615 e. The second-order valence-corrected chi connectivity index (χ2v) is 5.31. The number of anilines is 1. The van der Waals surface area contributed by atoms with Gasteiger partial charge in [0.25, 0.3) is 5.15 Å². The number of halogens is 1. The summed E-state index contributed by atoms with van der Waals surface area (Å²) >= 11 is 5.70. The van der Waals surface area contributed by atoms with Crippen LogP contribution in [-0.2, 0) is 6.42 Å². The van der Waals surface area contributed by atoms with Gasteiger partial charge in [-0.2, -0.15) is 0 Å². The second kappa shape index (κ2) is 5.69. The summed E-state index contributed by atoms with van der Waals surface area (Å²) in [4.78, 5) is 10.6. The minimum atomic E-state index is -0.591. The average molecular weight is 322 g/mol. The molecule has 7 nitrogen and oxygen atoms in total. The molecular formula is C14H12ClN3O4. The third kappa shape index (κ3) is 2.62. The van der Waals surface area contributed by atoms with Crippen LogP contribution in [-0.4, -0.2) is 17.6 Å². The van der Waals surface area contributed by atoms with Crippen LogP contribution in [0.1, 0.15) is 5.56 Å². The second-order valence-electron chi connectivity index (χ2n) is 4.93. The maximum atomic E-state index is 11.9. The molecule has 0 radical (unpaired) electrons. The smallest absolute Gasteiger partial charge is 0.412 e. The molecule has 0 spiro atoms. The molecule has 22 heavy (non-hydrogen) atoms. The molecule has 1 aliphatic heterocycles. The molecule has 114 valence electrons. The van der Waals surface area contributed by atoms with E-state index >= 15 is 0 Å². The van der Waals surface area contributed by atoms with Crippen LogP contribution >= 0.6 is 11.6 Å². The lowest BCUT2D eigenvalue weighted by atomic mass is 10.1. The lowest BCUT2D eigenvalue weighted by molar-refractivity contribution is -0.610. The quantitative estimate of drug-likeness (QED) is 0.308. The predicted molar refractivity (Wildman–Crippen MR) is 80.1 cm³/mol. The number of hydrogen-bond acceptors (Lipinski definition) is 5. The van der Waals surface area contributed by atoms with E-state index in [0.717, 1.165) is 11.6 Å². The van der Waals surface area contributed by atoms with Crippen LogP contribution in [0.4, 0.5) is 11.4 Å². The van der Waals surface area contributed by atoms with Crippen molar-refractivity contribution in [2.45, 2.75) is 12.5 Å². The van der Waals surface area contributed by atoms with E-state index in [9.17, 15) is 15.3 Å². The number of nitrogens with zero attached hydrogens (tertiary/aromatic N) is 2. The molecule has 0 bridgehead atoms. The zero-order valence-corrected chi connectivity index (χ0v) is 12.1. The summed E-state index contributed by atoms with van der Waals surface area (Å²) in [6.45, 7) is 0.224. The van der Waals surface area contributed by atoms with E-state index in [4.69, 9.17) is 16.3 Å². The Morgan fingerprint density at radius 1 is 1.41 bits per heavy atom. The van der Waals surface area contributed by atoms with Crippen LogP contribution < -0.4 is 14.8 Å². The summed E-state index contributed by atoms with van der Waals surface area (Å²) in [5.74, 6) is -0.163. The zero-order chi connectivity index (χ0) is 15.7. The molecule has 2 aromatic rings. The normalized spacial score (nSPS) is 16.3. The standard InChI is InChI=1S/C14H12ClN3O4/c15-12-7-11(18(20)21)13-14(17(12)19)22-8-10(16-13)6-9-4-2-1-3-5-9/h1-5,7,10,16H,6,8H2. The van der Waals surface area contributed by atoms with E-state index in [2.05, 4.69) is 5.32 Å². The fraction of sp³-hybridized carbons (Fsp3) is 0.214. The maximum absolute atomic E-state index is 11.9. The van der Waals surface area contributed by atoms with Crippen molar-refractivity contribution >= 4 is 23.0 Å². The first-order valence-electron chi connectivity index (χ1n) is 6.60.